The number of hydrogen-bond acceptors (Lipinski definition) is 6. The molecule has 0 bridgehead atoms. The molecule has 1 saturated heterocycles. The van der Waals surface area contributed by atoms with Gasteiger partial charge < -0.3 is 23.7 Å². The molecule has 1 fully saturated rings. The second kappa shape index (κ2) is 15.8. The van der Waals surface area contributed by atoms with Gasteiger partial charge in [-0.3, -0.25) is 0 Å². The van der Waals surface area contributed by atoms with Crippen LogP contribution in [0, 0.1) is 0 Å². The molecule has 0 aliphatic carbocycles. The van der Waals surface area contributed by atoms with E-state index in [9.17, 15) is 0 Å². The van der Waals surface area contributed by atoms with Gasteiger partial charge in [0, 0.05) is 0 Å². The maximum absolute atomic E-state index is 6.67. The predicted molar refractivity (Wildman–Crippen MR) is 153 cm³/mol. The van der Waals surface area contributed by atoms with Crippen LogP contribution < -0.4 is 0 Å². The van der Waals surface area contributed by atoms with Gasteiger partial charge in [-0.15, -0.1) is 18.3 Å². The molecule has 3 aromatic carbocycles. The van der Waals surface area contributed by atoms with Crippen molar-refractivity contribution < 1.29 is 23.7 Å². The van der Waals surface area contributed by atoms with Crippen molar-refractivity contribution in [1.82, 2.24) is 0 Å². The highest BCUT2D eigenvalue weighted by Crippen LogP contribution is 2.35. The number of ether oxygens (including phenoxy) is 5. The van der Waals surface area contributed by atoms with Crippen LogP contribution in [-0.4, -0.2) is 48.8 Å². The Balaban J connectivity index is 1.60. The predicted octanol–water partition coefficient (Wildman–Crippen LogP) is 6.42. The number of thioether (sulfide) groups is 1. The fourth-order valence-corrected chi connectivity index (χ4v) is 5.42. The largest absolute Gasteiger partial charge is 0.375 e. The van der Waals surface area contributed by atoms with E-state index in [1.165, 1.54) is 0 Å². The van der Waals surface area contributed by atoms with E-state index in [4.69, 9.17) is 23.7 Å². The molecule has 0 aromatic heterocycles. The van der Waals surface area contributed by atoms with E-state index in [2.05, 4.69) is 49.9 Å². The van der Waals surface area contributed by atoms with Gasteiger partial charge in [0.25, 0.3) is 0 Å². The van der Waals surface area contributed by atoms with E-state index >= 15 is 0 Å². The Morgan fingerprint density at radius 3 is 1.66 bits per heavy atom. The highest BCUT2D eigenvalue weighted by atomic mass is 32.2. The van der Waals surface area contributed by atoms with Crippen LogP contribution in [0.3, 0.4) is 0 Å². The second-order valence-electron chi connectivity index (χ2n) is 9.11. The maximum atomic E-state index is 6.67. The fourth-order valence-electron chi connectivity index (χ4n) is 4.45. The van der Waals surface area contributed by atoms with Crippen LogP contribution in [0.2, 0.25) is 0 Å². The second-order valence-corrected chi connectivity index (χ2v) is 10.5. The first-order valence-corrected chi connectivity index (χ1v) is 14.3. The van der Waals surface area contributed by atoms with Crippen LogP contribution in [0.15, 0.2) is 104 Å². The maximum Gasteiger partial charge on any atom is 0.132 e. The fraction of sp³-hybridized carbons (Fsp3) is 0.375. The van der Waals surface area contributed by atoms with Gasteiger partial charge in [0.05, 0.1) is 33.0 Å². The molecule has 0 N–H and O–H groups in total. The van der Waals surface area contributed by atoms with E-state index in [-0.39, 0.29) is 23.7 Å². The summed E-state index contributed by atoms with van der Waals surface area (Å²) in [5, 5.41) is 0. The Morgan fingerprint density at radius 1 is 0.711 bits per heavy atom. The molecule has 0 unspecified atom stereocenters. The van der Waals surface area contributed by atoms with Crippen LogP contribution in [0.1, 0.15) is 23.6 Å². The van der Waals surface area contributed by atoms with Gasteiger partial charge in [0.1, 0.15) is 29.9 Å². The third kappa shape index (κ3) is 8.53. The van der Waals surface area contributed by atoms with Crippen molar-refractivity contribution in [3.63, 3.8) is 0 Å². The topological polar surface area (TPSA) is 46.2 Å². The van der Waals surface area contributed by atoms with Crippen molar-refractivity contribution in [2.24, 2.45) is 0 Å². The summed E-state index contributed by atoms with van der Waals surface area (Å²) in [7, 11) is 0. The van der Waals surface area contributed by atoms with Crippen molar-refractivity contribution >= 4 is 11.8 Å². The lowest BCUT2D eigenvalue weighted by Crippen LogP contribution is -2.60. The van der Waals surface area contributed by atoms with Gasteiger partial charge in [-0.25, -0.2) is 0 Å². The molecule has 1 aliphatic rings. The van der Waals surface area contributed by atoms with E-state index in [0.717, 1.165) is 22.4 Å². The first-order valence-electron chi connectivity index (χ1n) is 13.2. The smallest absolute Gasteiger partial charge is 0.132 e. The van der Waals surface area contributed by atoms with Gasteiger partial charge in [-0.2, -0.15) is 0 Å². The molecule has 6 heteroatoms. The molecule has 5 atom stereocenters. The van der Waals surface area contributed by atoms with Crippen molar-refractivity contribution in [3.05, 3.63) is 120 Å². The molecule has 0 spiro atoms. The number of benzene rings is 3. The van der Waals surface area contributed by atoms with Crippen molar-refractivity contribution in [1.29, 1.82) is 0 Å². The minimum Gasteiger partial charge on any atom is -0.375 e. The van der Waals surface area contributed by atoms with Gasteiger partial charge in [-0.05, 0) is 22.4 Å². The van der Waals surface area contributed by atoms with Crippen LogP contribution in [0.25, 0.3) is 0 Å². The van der Waals surface area contributed by atoms with E-state index in [1.807, 2.05) is 54.6 Å². The van der Waals surface area contributed by atoms with Crippen LogP contribution in [0.5, 0.6) is 0 Å². The Bertz CT molecular complexity index is 1050. The van der Waals surface area contributed by atoms with Crippen LogP contribution in [-0.2, 0) is 43.5 Å². The molecular weight excluding hydrogens is 496 g/mol. The minimum atomic E-state index is -0.391. The summed E-state index contributed by atoms with van der Waals surface area (Å²) in [6.45, 7) is 8.08. The first-order chi connectivity index (χ1) is 18.8. The highest BCUT2D eigenvalue weighted by molar-refractivity contribution is 7.99. The highest BCUT2D eigenvalue weighted by Gasteiger charge is 2.48. The van der Waals surface area contributed by atoms with Crippen molar-refractivity contribution in [3.8, 4) is 0 Å². The van der Waals surface area contributed by atoms with E-state index < -0.39 is 6.10 Å². The van der Waals surface area contributed by atoms with Gasteiger partial charge in [-0.1, -0.05) is 104 Å². The summed E-state index contributed by atoms with van der Waals surface area (Å²) in [6.07, 6.45) is 0.340. The quantitative estimate of drug-likeness (QED) is 0.166. The van der Waals surface area contributed by atoms with E-state index in [1.54, 1.807) is 17.8 Å². The molecular formula is C32H38O5S. The molecule has 202 valence electrons. The Hall–Kier alpha value is -2.45. The summed E-state index contributed by atoms with van der Waals surface area (Å²) in [5.74, 6) is 0.886. The third-order valence-corrected chi connectivity index (χ3v) is 7.34. The van der Waals surface area contributed by atoms with Crippen LogP contribution >= 0.6 is 11.8 Å². The summed E-state index contributed by atoms with van der Waals surface area (Å²) in [4.78, 5) is 0. The molecule has 0 radical (unpaired) electrons. The van der Waals surface area contributed by atoms with E-state index in [0.29, 0.717) is 33.0 Å². The van der Waals surface area contributed by atoms with Crippen LogP contribution in [0.4, 0.5) is 0 Å². The van der Waals surface area contributed by atoms with Crippen molar-refractivity contribution in [2.45, 2.75) is 56.6 Å². The molecule has 1 heterocycles. The molecule has 4 rings (SSSR count). The SMILES string of the molecule is C=CCOC[C@H]1O[C@H](SCC)[C@@H](OCc2ccccc2)[C@@H](OCc2ccccc2)[C@@H]1OCc1ccccc1. The summed E-state index contributed by atoms with van der Waals surface area (Å²) in [6, 6.07) is 30.6. The number of rotatable bonds is 15. The minimum absolute atomic E-state index is 0.224. The molecule has 5 nitrogen and oxygen atoms in total. The summed E-state index contributed by atoms with van der Waals surface area (Å²) in [5.41, 5.74) is 3.07. The molecule has 38 heavy (non-hydrogen) atoms. The third-order valence-electron chi connectivity index (χ3n) is 6.30. The lowest BCUT2D eigenvalue weighted by Gasteiger charge is -2.46. The summed E-state index contributed by atoms with van der Waals surface area (Å²) >= 11 is 1.72. The standard InChI is InChI=1S/C32H38O5S/c1-3-20-33-24-28-29(34-21-25-14-8-5-9-15-25)30(35-22-26-16-10-6-11-17-26)31(32(37-28)38-4-2)36-23-27-18-12-7-13-19-27/h3,5-19,28-32H,1,4,20-24H2,2H3/t28-,29-,30+,31+,32-/m1/s1. The first kappa shape index (κ1) is 28.6. The Labute approximate surface area is 231 Å². The zero-order valence-corrected chi connectivity index (χ0v) is 22.8. The lowest BCUT2D eigenvalue weighted by atomic mass is 9.99. The lowest BCUT2D eigenvalue weighted by molar-refractivity contribution is -0.253. The zero-order valence-electron chi connectivity index (χ0n) is 22.0. The monoisotopic (exact) mass is 534 g/mol. The average molecular weight is 535 g/mol. The van der Waals surface area contributed by atoms with Crippen molar-refractivity contribution in [2.75, 3.05) is 19.0 Å². The van der Waals surface area contributed by atoms with Gasteiger partial charge in [0.15, 0.2) is 0 Å². The normalized spacial score (nSPS) is 23.2. The molecule has 3 aromatic rings. The van der Waals surface area contributed by atoms with Gasteiger partial charge >= 0.3 is 0 Å². The molecule has 1 aliphatic heterocycles. The Morgan fingerprint density at radius 2 is 1.18 bits per heavy atom. The Kier molecular flexibility index (Phi) is 11.9. The molecule has 0 saturated carbocycles. The van der Waals surface area contributed by atoms with Gasteiger partial charge in [0.2, 0.25) is 0 Å². The number of hydrogen-bond donors (Lipinski definition) is 0. The molecule has 0 amide bonds. The average Bonchev–Trinajstić information content (AvgIpc) is 2.97. The summed E-state index contributed by atoms with van der Waals surface area (Å²) < 4.78 is 32.3. The zero-order chi connectivity index (χ0) is 26.4.